The Hall–Kier alpha value is -1.80. The molecule has 0 aromatic heterocycles. The molecule has 1 saturated heterocycles. The van der Waals surface area contributed by atoms with E-state index in [4.69, 9.17) is 11.3 Å². The molecule has 1 aliphatic heterocycles. The molecule has 1 fully saturated rings. The van der Waals surface area contributed by atoms with E-state index in [1.807, 2.05) is 0 Å². The summed E-state index contributed by atoms with van der Waals surface area (Å²) in [7, 11) is 0. The molecule has 0 spiro atoms. The number of rotatable bonds is 4. The lowest BCUT2D eigenvalue weighted by Gasteiger charge is -2.25. The van der Waals surface area contributed by atoms with E-state index >= 15 is 0 Å². The smallest absolute Gasteiger partial charge is 0.352 e. The maximum absolute atomic E-state index is 11.6. The first-order chi connectivity index (χ1) is 8.19. The Morgan fingerprint density at radius 3 is 2.59 bits per heavy atom. The van der Waals surface area contributed by atoms with E-state index in [2.05, 4.69) is 18.0 Å². The van der Waals surface area contributed by atoms with Crippen LogP contribution in [0.5, 0.6) is 0 Å². The van der Waals surface area contributed by atoms with Crippen LogP contribution in [0.1, 0.15) is 19.3 Å². The highest BCUT2D eigenvalue weighted by atomic mass is 16.7. The summed E-state index contributed by atoms with van der Waals surface area (Å²) in [6.07, 6.45) is 8.79. The number of hydroxylamine groups is 1. The van der Waals surface area contributed by atoms with Gasteiger partial charge in [-0.05, 0) is 25.3 Å². The fourth-order valence-corrected chi connectivity index (χ4v) is 1.54. The van der Waals surface area contributed by atoms with Crippen molar-refractivity contribution < 1.29 is 14.4 Å². The van der Waals surface area contributed by atoms with Gasteiger partial charge in [-0.3, -0.25) is 4.79 Å². The van der Waals surface area contributed by atoms with E-state index in [1.54, 1.807) is 4.90 Å². The maximum atomic E-state index is 11.6. The molecule has 0 aliphatic carbocycles. The van der Waals surface area contributed by atoms with Gasteiger partial charge in [0.15, 0.2) is 11.8 Å². The number of ketones is 1. The predicted molar refractivity (Wildman–Crippen MR) is 62.9 cm³/mol. The molecular formula is C12H16N2O3. The number of amides is 1. The van der Waals surface area contributed by atoms with Crippen LogP contribution in [0, 0.1) is 12.3 Å². The summed E-state index contributed by atoms with van der Waals surface area (Å²) in [6, 6.07) is -0.971. The molecule has 1 rings (SSSR count). The Morgan fingerprint density at radius 2 is 2.06 bits per heavy atom. The van der Waals surface area contributed by atoms with Gasteiger partial charge in [0.25, 0.3) is 0 Å². The van der Waals surface area contributed by atoms with Crippen molar-refractivity contribution in [1.82, 2.24) is 10.4 Å². The largest absolute Gasteiger partial charge is 0.428 e. The fourth-order valence-electron chi connectivity index (χ4n) is 1.54. The van der Waals surface area contributed by atoms with Crippen molar-refractivity contribution in [2.45, 2.75) is 25.3 Å². The Balaban J connectivity index is 2.38. The molecule has 0 aromatic rings. The van der Waals surface area contributed by atoms with Gasteiger partial charge in [0.05, 0.1) is 0 Å². The summed E-state index contributed by atoms with van der Waals surface area (Å²) in [6.45, 7) is 4.66. The molecule has 1 heterocycles. The van der Waals surface area contributed by atoms with Gasteiger partial charge in [0.1, 0.15) is 0 Å². The van der Waals surface area contributed by atoms with Gasteiger partial charge in [-0.1, -0.05) is 12.5 Å². The number of likely N-dealkylation sites (tertiary alicyclic amines) is 1. The van der Waals surface area contributed by atoms with Gasteiger partial charge in [0.2, 0.25) is 0 Å². The lowest BCUT2D eigenvalue weighted by molar-refractivity contribution is -0.117. The Bertz CT molecular complexity index is 340. The number of carbonyl (C=O) groups excluding carboxylic acids is 2. The van der Waals surface area contributed by atoms with Crippen molar-refractivity contribution in [2.24, 2.45) is 0 Å². The standard InChI is InChI=1S/C12H16N2O3/c1-3-10(11(15)4-2)13-17-12(16)14-8-6-5-7-9-14/h1,4,10,13H,2,5-9H2/t10-/m0/s1. The zero-order valence-corrected chi connectivity index (χ0v) is 9.65. The summed E-state index contributed by atoms with van der Waals surface area (Å²) in [5.74, 6) is 1.78. The monoisotopic (exact) mass is 236 g/mol. The molecule has 1 amide bonds. The molecule has 5 heteroatoms. The number of hydrogen-bond acceptors (Lipinski definition) is 4. The van der Waals surface area contributed by atoms with Crippen molar-refractivity contribution >= 4 is 11.9 Å². The van der Waals surface area contributed by atoms with E-state index < -0.39 is 17.9 Å². The second-order valence-electron chi connectivity index (χ2n) is 3.74. The van der Waals surface area contributed by atoms with Crippen LogP contribution in [0.2, 0.25) is 0 Å². The van der Waals surface area contributed by atoms with Gasteiger partial charge < -0.3 is 9.74 Å². The predicted octanol–water partition coefficient (Wildman–Crippen LogP) is 0.870. The second-order valence-corrected chi connectivity index (χ2v) is 3.74. The average molecular weight is 236 g/mol. The summed E-state index contributed by atoms with van der Waals surface area (Å²) in [5, 5.41) is 0. The number of piperidine rings is 1. The number of nitrogens with one attached hydrogen (secondary N) is 1. The zero-order chi connectivity index (χ0) is 12.7. The maximum Gasteiger partial charge on any atom is 0.428 e. The Kier molecular flexibility index (Phi) is 5.24. The second kappa shape index (κ2) is 6.71. The molecule has 17 heavy (non-hydrogen) atoms. The van der Waals surface area contributed by atoms with Crippen molar-refractivity contribution in [3.8, 4) is 12.3 Å². The van der Waals surface area contributed by atoms with Gasteiger partial charge in [0, 0.05) is 13.1 Å². The number of carbonyl (C=O) groups is 2. The van der Waals surface area contributed by atoms with Crippen molar-refractivity contribution in [3.05, 3.63) is 12.7 Å². The lowest BCUT2D eigenvalue weighted by Crippen LogP contribution is -2.43. The molecule has 1 atom stereocenters. The normalized spacial score (nSPS) is 16.8. The third kappa shape index (κ3) is 3.93. The third-order valence-electron chi connectivity index (χ3n) is 2.53. The van der Waals surface area contributed by atoms with Gasteiger partial charge in [-0.15, -0.1) is 11.9 Å². The first-order valence-corrected chi connectivity index (χ1v) is 5.52. The van der Waals surface area contributed by atoms with Crippen molar-refractivity contribution in [3.63, 3.8) is 0 Å². The molecule has 0 bridgehead atoms. The third-order valence-corrected chi connectivity index (χ3v) is 2.53. The van der Waals surface area contributed by atoms with Crippen LogP contribution < -0.4 is 5.48 Å². The van der Waals surface area contributed by atoms with Crippen molar-refractivity contribution in [1.29, 1.82) is 0 Å². The first kappa shape index (κ1) is 13.3. The summed E-state index contributed by atoms with van der Waals surface area (Å²) >= 11 is 0. The van der Waals surface area contributed by atoms with E-state index in [0.717, 1.165) is 25.3 Å². The molecule has 0 aromatic carbocycles. The Morgan fingerprint density at radius 1 is 1.41 bits per heavy atom. The highest BCUT2D eigenvalue weighted by Gasteiger charge is 2.20. The topological polar surface area (TPSA) is 58.6 Å². The molecular weight excluding hydrogens is 220 g/mol. The molecule has 5 nitrogen and oxygen atoms in total. The zero-order valence-electron chi connectivity index (χ0n) is 9.65. The highest BCUT2D eigenvalue weighted by Crippen LogP contribution is 2.09. The van der Waals surface area contributed by atoms with Gasteiger partial charge in [-0.2, -0.15) is 0 Å². The van der Waals surface area contributed by atoms with E-state index in [1.165, 1.54) is 0 Å². The van der Waals surface area contributed by atoms with E-state index in [0.29, 0.717) is 13.1 Å². The SMILES string of the molecule is C#C[C@H](NOC(=O)N1CCCCC1)C(=O)C=C. The summed E-state index contributed by atoms with van der Waals surface area (Å²) < 4.78 is 0. The van der Waals surface area contributed by atoms with Crippen LogP contribution in [0.25, 0.3) is 0 Å². The minimum Gasteiger partial charge on any atom is -0.352 e. The first-order valence-electron chi connectivity index (χ1n) is 5.52. The minimum atomic E-state index is -0.971. The molecule has 1 aliphatic rings. The number of hydrogen-bond donors (Lipinski definition) is 1. The number of nitrogens with zero attached hydrogens (tertiary/aromatic N) is 1. The lowest BCUT2D eigenvalue weighted by atomic mass is 10.1. The van der Waals surface area contributed by atoms with Crippen LogP contribution in [-0.4, -0.2) is 35.9 Å². The summed E-state index contributed by atoms with van der Waals surface area (Å²) in [5.41, 5.74) is 2.27. The Labute approximate surface area is 101 Å². The molecule has 0 saturated carbocycles. The van der Waals surface area contributed by atoms with E-state index in [-0.39, 0.29) is 0 Å². The van der Waals surface area contributed by atoms with Crippen LogP contribution in [0.15, 0.2) is 12.7 Å². The van der Waals surface area contributed by atoms with Crippen LogP contribution in [-0.2, 0) is 9.63 Å². The highest BCUT2D eigenvalue weighted by molar-refractivity contribution is 5.96. The quantitative estimate of drug-likeness (QED) is 0.447. The van der Waals surface area contributed by atoms with Crippen molar-refractivity contribution in [2.75, 3.05) is 13.1 Å². The van der Waals surface area contributed by atoms with Crippen LogP contribution in [0.4, 0.5) is 4.79 Å². The van der Waals surface area contributed by atoms with E-state index in [9.17, 15) is 9.59 Å². The van der Waals surface area contributed by atoms with Gasteiger partial charge >= 0.3 is 6.09 Å². The fraction of sp³-hybridized carbons (Fsp3) is 0.500. The molecule has 0 unspecified atom stereocenters. The molecule has 0 radical (unpaired) electrons. The van der Waals surface area contributed by atoms with Crippen LogP contribution in [0.3, 0.4) is 0 Å². The van der Waals surface area contributed by atoms with Crippen LogP contribution >= 0.6 is 0 Å². The van der Waals surface area contributed by atoms with Gasteiger partial charge in [-0.25, -0.2) is 4.79 Å². The summed E-state index contributed by atoms with van der Waals surface area (Å²) in [4.78, 5) is 29.1. The minimum absolute atomic E-state index is 0.404. The molecule has 92 valence electrons. The number of terminal acetylenes is 1. The average Bonchev–Trinajstić information content (AvgIpc) is 2.39. The molecule has 1 N–H and O–H groups in total.